The van der Waals surface area contributed by atoms with Crippen LogP contribution in [-0.4, -0.2) is 10.9 Å². The van der Waals surface area contributed by atoms with E-state index in [9.17, 15) is 4.79 Å². The monoisotopic (exact) mass is 412 g/mol. The van der Waals surface area contributed by atoms with Gasteiger partial charge in [-0.1, -0.05) is 24.3 Å². The average molecular weight is 413 g/mol. The number of aromatic nitrogens is 1. The van der Waals surface area contributed by atoms with Crippen LogP contribution in [0.15, 0.2) is 71.3 Å². The number of benzene rings is 3. The number of hydrogen-bond donors (Lipinski definition) is 1. The number of rotatable bonds is 4. The normalized spacial score (nSPS) is 11.3. The third-order valence-corrected chi connectivity index (χ3v) is 6.42. The first kappa shape index (κ1) is 18.6. The molecule has 2 heterocycles. The van der Waals surface area contributed by atoms with E-state index in [1.807, 2.05) is 48.5 Å². The summed E-state index contributed by atoms with van der Waals surface area (Å²) in [6.45, 7) is 4.13. The molecule has 0 saturated carbocycles. The number of carbonyl (C=O) groups is 1. The smallest absolute Gasteiger partial charge is 0.228 e. The van der Waals surface area contributed by atoms with Crippen molar-refractivity contribution < 1.29 is 9.21 Å². The molecular weight excluding hydrogens is 392 g/mol. The Morgan fingerprint density at radius 3 is 2.67 bits per heavy atom. The Morgan fingerprint density at radius 1 is 1.03 bits per heavy atom. The lowest BCUT2D eigenvalue weighted by atomic mass is 10.0. The van der Waals surface area contributed by atoms with Gasteiger partial charge in [-0.25, -0.2) is 4.98 Å². The Labute approximate surface area is 178 Å². The molecular formula is C25H20N2O2S. The van der Waals surface area contributed by atoms with Crippen LogP contribution in [0.2, 0.25) is 0 Å². The van der Waals surface area contributed by atoms with Gasteiger partial charge in [-0.05, 0) is 61.4 Å². The van der Waals surface area contributed by atoms with Gasteiger partial charge in [0.1, 0.15) is 10.6 Å². The molecule has 0 aliphatic heterocycles. The Hall–Kier alpha value is -3.44. The summed E-state index contributed by atoms with van der Waals surface area (Å²) in [5, 5.41) is 4.96. The number of para-hydroxylation sites is 2. The molecule has 5 aromatic rings. The third-order valence-electron chi connectivity index (χ3n) is 5.35. The minimum atomic E-state index is -0.0792. The third kappa shape index (κ3) is 3.37. The SMILES string of the molecule is Cc1cc2occ(CC(=O)Nc3ccccc3-c3nc4ccccc4s3)c2cc1C. The summed E-state index contributed by atoms with van der Waals surface area (Å²) in [6.07, 6.45) is 1.94. The number of carbonyl (C=O) groups excluding carboxylic acids is 1. The van der Waals surface area contributed by atoms with Crippen molar-refractivity contribution in [3.8, 4) is 10.6 Å². The number of fused-ring (bicyclic) bond motifs is 2. The molecule has 0 saturated heterocycles. The average Bonchev–Trinajstić information content (AvgIpc) is 3.33. The van der Waals surface area contributed by atoms with Crippen molar-refractivity contribution in [2.24, 2.45) is 0 Å². The maximum Gasteiger partial charge on any atom is 0.228 e. The summed E-state index contributed by atoms with van der Waals surface area (Å²) in [7, 11) is 0. The molecule has 0 aliphatic rings. The quantitative estimate of drug-likeness (QED) is 0.366. The molecule has 0 spiro atoms. The van der Waals surface area contributed by atoms with E-state index in [1.54, 1.807) is 17.6 Å². The van der Waals surface area contributed by atoms with Gasteiger partial charge in [0.05, 0.1) is 28.6 Å². The fraction of sp³-hybridized carbons (Fsp3) is 0.120. The fourth-order valence-electron chi connectivity index (χ4n) is 3.61. The Kier molecular flexibility index (Phi) is 4.60. The number of nitrogens with one attached hydrogen (secondary N) is 1. The minimum absolute atomic E-state index is 0.0792. The van der Waals surface area contributed by atoms with E-state index in [0.29, 0.717) is 0 Å². The summed E-state index contributed by atoms with van der Waals surface area (Å²) >= 11 is 1.62. The molecule has 0 atom stereocenters. The van der Waals surface area contributed by atoms with Gasteiger partial charge in [0.25, 0.3) is 0 Å². The van der Waals surface area contributed by atoms with Gasteiger partial charge in [-0.3, -0.25) is 4.79 Å². The molecule has 1 N–H and O–H groups in total. The van der Waals surface area contributed by atoms with Crippen LogP contribution in [0.3, 0.4) is 0 Å². The van der Waals surface area contributed by atoms with Gasteiger partial charge in [0, 0.05) is 16.5 Å². The van der Waals surface area contributed by atoms with Gasteiger partial charge in [-0.2, -0.15) is 0 Å². The number of hydrogen-bond acceptors (Lipinski definition) is 4. The lowest BCUT2D eigenvalue weighted by Crippen LogP contribution is -2.14. The number of furan rings is 1. The standard InChI is InChI=1S/C25H20N2O2S/c1-15-11-19-17(14-29-22(19)12-16(15)2)13-24(28)26-20-8-4-3-7-18(20)25-27-21-9-5-6-10-23(21)30-25/h3-12,14H,13H2,1-2H3,(H,26,28). The molecule has 148 valence electrons. The van der Waals surface area contributed by atoms with Crippen molar-refractivity contribution in [3.63, 3.8) is 0 Å². The zero-order valence-corrected chi connectivity index (χ0v) is 17.5. The minimum Gasteiger partial charge on any atom is -0.464 e. The van der Waals surface area contributed by atoms with Crippen LogP contribution in [-0.2, 0) is 11.2 Å². The van der Waals surface area contributed by atoms with E-state index in [1.165, 1.54) is 11.1 Å². The fourth-order valence-corrected chi connectivity index (χ4v) is 4.61. The largest absolute Gasteiger partial charge is 0.464 e. The number of nitrogens with zero attached hydrogens (tertiary/aromatic N) is 1. The van der Waals surface area contributed by atoms with Crippen molar-refractivity contribution in [1.82, 2.24) is 4.98 Å². The van der Waals surface area contributed by atoms with Gasteiger partial charge >= 0.3 is 0 Å². The molecule has 30 heavy (non-hydrogen) atoms. The highest BCUT2D eigenvalue weighted by molar-refractivity contribution is 7.21. The number of amides is 1. The summed E-state index contributed by atoms with van der Waals surface area (Å²) < 4.78 is 6.80. The Balaban J connectivity index is 1.43. The highest BCUT2D eigenvalue weighted by Crippen LogP contribution is 2.34. The molecule has 0 unspecified atom stereocenters. The molecule has 0 fully saturated rings. The van der Waals surface area contributed by atoms with E-state index in [2.05, 4.69) is 31.3 Å². The second kappa shape index (κ2) is 7.43. The summed E-state index contributed by atoms with van der Waals surface area (Å²) in [5.74, 6) is -0.0792. The first-order valence-corrected chi connectivity index (χ1v) is 10.6. The van der Waals surface area contributed by atoms with E-state index < -0.39 is 0 Å². The number of anilines is 1. The van der Waals surface area contributed by atoms with Crippen molar-refractivity contribution in [2.75, 3.05) is 5.32 Å². The molecule has 0 radical (unpaired) electrons. The van der Waals surface area contributed by atoms with Crippen LogP contribution < -0.4 is 5.32 Å². The summed E-state index contributed by atoms with van der Waals surface area (Å²) in [4.78, 5) is 17.6. The van der Waals surface area contributed by atoms with Crippen molar-refractivity contribution in [1.29, 1.82) is 0 Å². The van der Waals surface area contributed by atoms with Crippen LogP contribution in [0.25, 0.3) is 31.8 Å². The molecule has 3 aromatic carbocycles. The summed E-state index contributed by atoms with van der Waals surface area (Å²) in [6, 6.07) is 20.0. The molecule has 5 heteroatoms. The molecule has 4 nitrogen and oxygen atoms in total. The van der Waals surface area contributed by atoms with Gasteiger partial charge < -0.3 is 9.73 Å². The highest BCUT2D eigenvalue weighted by atomic mass is 32.1. The predicted molar refractivity (Wildman–Crippen MR) is 123 cm³/mol. The van der Waals surface area contributed by atoms with E-state index in [4.69, 9.17) is 9.40 Å². The van der Waals surface area contributed by atoms with Crippen LogP contribution in [0.1, 0.15) is 16.7 Å². The van der Waals surface area contributed by atoms with Gasteiger partial charge in [0.15, 0.2) is 0 Å². The zero-order chi connectivity index (χ0) is 20.7. The topological polar surface area (TPSA) is 55.1 Å². The molecule has 2 aromatic heterocycles. The summed E-state index contributed by atoms with van der Waals surface area (Å²) in [5.41, 5.74) is 6.73. The van der Waals surface area contributed by atoms with Gasteiger partial charge in [0.2, 0.25) is 5.91 Å². The Morgan fingerprint density at radius 2 is 1.80 bits per heavy atom. The van der Waals surface area contributed by atoms with Crippen molar-refractivity contribution in [3.05, 3.63) is 83.6 Å². The lowest BCUT2D eigenvalue weighted by molar-refractivity contribution is -0.115. The van der Waals surface area contributed by atoms with E-state index in [-0.39, 0.29) is 12.3 Å². The maximum atomic E-state index is 12.9. The zero-order valence-electron chi connectivity index (χ0n) is 16.7. The van der Waals surface area contributed by atoms with E-state index >= 15 is 0 Å². The number of aryl methyl sites for hydroxylation is 2. The van der Waals surface area contributed by atoms with Crippen LogP contribution in [0.5, 0.6) is 0 Å². The maximum absolute atomic E-state index is 12.9. The van der Waals surface area contributed by atoms with E-state index in [0.717, 1.165) is 43.0 Å². The Bertz CT molecular complexity index is 1360. The van der Waals surface area contributed by atoms with Crippen molar-refractivity contribution >= 4 is 44.1 Å². The molecule has 5 rings (SSSR count). The van der Waals surface area contributed by atoms with Crippen LogP contribution in [0.4, 0.5) is 5.69 Å². The second-order valence-corrected chi connectivity index (χ2v) is 8.48. The molecule has 1 amide bonds. The second-order valence-electron chi connectivity index (χ2n) is 7.45. The van der Waals surface area contributed by atoms with Crippen LogP contribution >= 0.6 is 11.3 Å². The molecule has 0 aliphatic carbocycles. The number of thiazole rings is 1. The van der Waals surface area contributed by atoms with Gasteiger partial charge in [-0.15, -0.1) is 11.3 Å². The van der Waals surface area contributed by atoms with Crippen molar-refractivity contribution in [2.45, 2.75) is 20.3 Å². The van der Waals surface area contributed by atoms with Crippen LogP contribution in [0, 0.1) is 13.8 Å². The first-order valence-electron chi connectivity index (χ1n) is 9.80. The predicted octanol–water partition coefficient (Wildman–Crippen LogP) is 6.51. The molecule has 0 bridgehead atoms. The lowest BCUT2D eigenvalue weighted by Gasteiger charge is -2.09. The first-order chi connectivity index (χ1) is 14.6. The highest BCUT2D eigenvalue weighted by Gasteiger charge is 2.15.